The predicted octanol–water partition coefficient (Wildman–Crippen LogP) is 2.57. The number of nitrogens with one attached hydrogen (secondary N) is 1. The number of hydrogen-bond acceptors (Lipinski definition) is 3. The molecule has 112 valence electrons. The Kier molecular flexibility index (Phi) is 5.06. The Morgan fingerprint density at radius 2 is 2.05 bits per heavy atom. The number of nitrogens with zero attached hydrogens (tertiary/aromatic N) is 1. The van der Waals surface area contributed by atoms with Gasteiger partial charge < -0.3 is 15.3 Å². The standard InChI is InChI=1S/C17H28N2O/c1-14-6-8-16(9-7-14)19(3)12-10-15-5-4-11-17(15,13-20)18-2/h6-9,15,18,20H,4-5,10-13H2,1-3H3. The molecule has 0 saturated heterocycles. The van der Waals surface area contributed by atoms with Crippen LogP contribution in [0.5, 0.6) is 0 Å². The summed E-state index contributed by atoms with van der Waals surface area (Å²) in [5, 5.41) is 13.1. The molecule has 1 aliphatic carbocycles. The van der Waals surface area contributed by atoms with E-state index in [1.165, 1.54) is 24.1 Å². The summed E-state index contributed by atoms with van der Waals surface area (Å²) in [5.74, 6) is 0.574. The largest absolute Gasteiger partial charge is 0.394 e. The topological polar surface area (TPSA) is 35.5 Å². The van der Waals surface area contributed by atoms with Crippen LogP contribution in [0.1, 0.15) is 31.2 Å². The number of hydrogen-bond donors (Lipinski definition) is 2. The van der Waals surface area contributed by atoms with Gasteiger partial charge in [-0.25, -0.2) is 0 Å². The molecule has 0 amide bonds. The highest BCUT2D eigenvalue weighted by Crippen LogP contribution is 2.37. The van der Waals surface area contributed by atoms with Crippen LogP contribution < -0.4 is 10.2 Å². The van der Waals surface area contributed by atoms with Crippen LogP contribution in [-0.4, -0.2) is 37.9 Å². The van der Waals surface area contributed by atoms with Crippen molar-refractivity contribution in [1.29, 1.82) is 0 Å². The minimum Gasteiger partial charge on any atom is -0.394 e. The SMILES string of the molecule is CNC1(CO)CCCC1CCN(C)c1ccc(C)cc1. The number of anilines is 1. The molecule has 1 aromatic rings. The van der Waals surface area contributed by atoms with Crippen molar-refractivity contribution in [2.45, 2.75) is 38.1 Å². The van der Waals surface area contributed by atoms with Crippen molar-refractivity contribution in [3.8, 4) is 0 Å². The van der Waals surface area contributed by atoms with Crippen LogP contribution in [-0.2, 0) is 0 Å². The van der Waals surface area contributed by atoms with E-state index in [9.17, 15) is 5.11 Å². The monoisotopic (exact) mass is 276 g/mol. The van der Waals surface area contributed by atoms with Crippen LogP contribution in [0.4, 0.5) is 5.69 Å². The zero-order valence-corrected chi connectivity index (χ0v) is 13.0. The van der Waals surface area contributed by atoms with E-state index in [4.69, 9.17) is 0 Å². The van der Waals surface area contributed by atoms with E-state index < -0.39 is 0 Å². The minimum absolute atomic E-state index is 0.0475. The predicted molar refractivity (Wildman–Crippen MR) is 85.3 cm³/mol. The van der Waals surface area contributed by atoms with Crippen molar-refractivity contribution in [2.24, 2.45) is 5.92 Å². The third kappa shape index (κ3) is 3.15. The van der Waals surface area contributed by atoms with Crippen LogP contribution in [0.15, 0.2) is 24.3 Å². The van der Waals surface area contributed by atoms with Gasteiger partial charge in [-0.15, -0.1) is 0 Å². The summed E-state index contributed by atoms with van der Waals surface area (Å²) in [6.45, 7) is 3.41. The lowest BCUT2D eigenvalue weighted by molar-refractivity contribution is 0.128. The summed E-state index contributed by atoms with van der Waals surface area (Å²) in [5.41, 5.74) is 2.52. The highest BCUT2D eigenvalue weighted by Gasteiger charge is 2.40. The molecule has 2 unspecified atom stereocenters. The van der Waals surface area contributed by atoms with E-state index in [0.29, 0.717) is 5.92 Å². The Bertz CT molecular complexity index is 412. The van der Waals surface area contributed by atoms with Crippen molar-refractivity contribution in [2.75, 3.05) is 32.1 Å². The maximum Gasteiger partial charge on any atom is 0.0615 e. The summed E-state index contributed by atoms with van der Waals surface area (Å²) in [6, 6.07) is 8.68. The van der Waals surface area contributed by atoms with Crippen molar-refractivity contribution >= 4 is 5.69 Å². The van der Waals surface area contributed by atoms with E-state index in [1.54, 1.807) is 0 Å². The fourth-order valence-corrected chi connectivity index (χ4v) is 3.46. The van der Waals surface area contributed by atoms with E-state index in [1.807, 2.05) is 7.05 Å². The van der Waals surface area contributed by atoms with Crippen molar-refractivity contribution in [1.82, 2.24) is 5.32 Å². The molecule has 0 bridgehead atoms. The van der Waals surface area contributed by atoms with Crippen LogP contribution in [0.25, 0.3) is 0 Å². The second-order valence-corrected chi connectivity index (χ2v) is 6.20. The van der Waals surface area contributed by atoms with Gasteiger partial charge in [-0.1, -0.05) is 24.1 Å². The number of aliphatic hydroxyl groups is 1. The van der Waals surface area contributed by atoms with E-state index in [2.05, 4.69) is 48.5 Å². The van der Waals surface area contributed by atoms with E-state index >= 15 is 0 Å². The molecule has 0 spiro atoms. The van der Waals surface area contributed by atoms with Gasteiger partial charge in [0.05, 0.1) is 6.61 Å². The van der Waals surface area contributed by atoms with E-state index in [-0.39, 0.29) is 12.1 Å². The van der Waals surface area contributed by atoms with E-state index in [0.717, 1.165) is 19.4 Å². The lowest BCUT2D eigenvalue weighted by Gasteiger charge is -2.34. The molecule has 2 atom stereocenters. The quantitative estimate of drug-likeness (QED) is 0.838. The number of likely N-dealkylation sites (N-methyl/N-ethyl adjacent to an activating group) is 1. The van der Waals surface area contributed by atoms with Crippen molar-refractivity contribution in [3.05, 3.63) is 29.8 Å². The number of aliphatic hydroxyl groups excluding tert-OH is 1. The Hall–Kier alpha value is -1.06. The second-order valence-electron chi connectivity index (χ2n) is 6.20. The van der Waals surface area contributed by atoms with Gasteiger partial charge in [-0.3, -0.25) is 0 Å². The smallest absolute Gasteiger partial charge is 0.0615 e. The lowest BCUT2D eigenvalue weighted by atomic mass is 9.85. The highest BCUT2D eigenvalue weighted by molar-refractivity contribution is 5.46. The van der Waals surface area contributed by atoms with Crippen LogP contribution in [0.3, 0.4) is 0 Å². The molecule has 1 fully saturated rings. The van der Waals surface area contributed by atoms with Gasteiger partial charge in [-0.05, 0) is 51.3 Å². The van der Waals surface area contributed by atoms with Gasteiger partial charge >= 0.3 is 0 Å². The third-order valence-electron chi connectivity index (χ3n) is 5.02. The Balaban J connectivity index is 1.93. The van der Waals surface area contributed by atoms with Gasteiger partial charge in [0.15, 0.2) is 0 Å². The fraction of sp³-hybridized carbons (Fsp3) is 0.647. The van der Waals surface area contributed by atoms with Crippen LogP contribution in [0, 0.1) is 12.8 Å². The van der Waals surface area contributed by atoms with Gasteiger partial charge in [0.25, 0.3) is 0 Å². The van der Waals surface area contributed by atoms with Crippen molar-refractivity contribution < 1.29 is 5.11 Å². The maximum atomic E-state index is 9.72. The summed E-state index contributed by atoms with van der Waals surface area (Å²) in [7, 11) is 4.14. The molecule has 0 aliphatic heterocycles. The summed E-state index contributed by atoms with van der Waals surface area (Å²) in [6.07, 6.45) is 4.67. The summed E-state index contributed by atoms with van der Waals surface area (Å²) < 4.78 is 0. The van der Waals surface area contributed by atoms with Gasteiger partial charge in [0.1, 0.15) is 0 Å². The second kappa shape index (κ2) is 6.59. The maximum absolute atomic E-state index is 9.72. The van der Waals surface area contributed by atoms with Crippen LogP contribution >= 0.6 is 0 Å². The molecule has 3 nitrogen and oxygen atoms in total. The molecular formula is C17H28N2O. The molecule has 2 N–H and O–H groups in total. The molecule has 0 heterocycles. The van der Waals surface area contributed by atoms with Gasteiger partial charge in [0, 0.05) is 24.8 Å². The normalized spacial score (nSPS) is 25.9. The Labute approximate surface area is 123 Å². The first-order valence-corrected chi connectivity index (χ1v) is 7.69. The molecular weight excluding hydrogens is 248 g/mol. The number of rotatable bonds is 6. The zero-order chi connectivity index (χ0) is 14.6. The van der Waals surface area contributed by atoms with Crippen LogP contribution in [0.2, 0.25) is 0 Å². The molecule has 3 heteroatoms. The molecule has 1 aromatic carbocycles. The van der Waals surface area contributed by atoms with Gasteiger partial charge in [-0.2, -0.15) is 0 Å². The fourth-order valence-electron chi connectivity index (χ4n) is 3.46. The summed E-state index contributed by atoms with van der Waals surface area (Å²) in [4.78, 5) is 2.32. The molecule has 0 radical (unpaired) electrons. The van der Waals surface area contributed by atoms with Crippen molar-refractivity contribution in [3.63, 3.8) is 0 Å². The molecule has 0 aromatic heterocycles. The number of benzene rings is 1. The molecule has 2 rings (SSSR count). The highest BCUT2D eigenvalue weighted by atomic mass is 16.3. The lowest BCUT2D eigenvalue weighted by Crippen LogP contribution is -2.50. The molecule has 20 heavy (non-hydrogen) atoms. The average Bonchev–Trinajstić information content (AvgIpc) is 2.89. The average molecular weight is 276 g/mol. The minimum atomic E-state index is -0.0475. The number of aryl methyl sites for hydroxylation is 1. The zero-order valence-electron chi connectivity index (χ0n) is 13.0. The van der Waals surface area contributed by atoms with Gasteiger partial charge in [0.2, 0.25) is 0 Å². The first-order chi connectivity index (χ1) is 9.61. The first kappa shape index (κ1) is 15.3. The molecule has 1 saturated carbocycles. The first-order valence-electron chi connectivity index (χ1n) is 7.69. The third-order valence-corrected chi connectivity index (χ3v) is 5.02. The Morgan fingerprint density at radius 3 is 2.65 bits per heavy atom. The summed E-state index contributed by atoms with van der Waals surface area (Å²) >= 11 is 0. The Morgan fingerprint density at radius 1 is 1.35 bits per heavy atom. The molecule has 1 aliphatic rings.